The zero-order valence-corrected chi connectivity index (χ0v) is 10.2. The van der Waals surface area contributed by atoms with Gasteiger partial charge in [0, 0.05) is 19.2 Å². The molecule has 3 heteroatoms. The van der Waals surface area contributed by atoms with Crippen LogP contribution in [-0.2, 0) is 0 Å². The maximum Gasteiger partial charge on any atom is 0.253 e. The molecule has 88 valence electrons. The largest absolute Gasteiger partial charge is 0.497 e. The smallest absolute Gasteiger partial charge is 0.253 e. The molecule has 0 aromatic heterocycles. The van der Waals surface area contributed by atoms with Gasteiger partial charge in [0.1, 0.15) is 5.75 Å². The number of carbonyl (C=O) groups is 1. The lowest BCUT2D eigenvalue weighted by Crippen LogP contribution is -2.27. The molecule has 0 heterocycles. The maximum atomic E-state index is 12.0. The summed E-state index contributed by atoms with van der Waals surface area (Å²) in [6.07, 6.45) is 2.13. The van der Waals surface area contributed by atoms with Crippen molar-refractivity contribution in [2.24, 2.45) is 0 Å². The average molecular weight is 221 g/mol. The molecule has 0 radical (unpaired) electrons. The molecule has 1 aromatic rings. The molecule has 0 saturated carbocycles. The van der Waals surface area contributed by atoms with E-state index in [4.69, 9.17) is 4.74 Å². The van der Waals surface area contributed by atoms with Crippen molar-refractivity contribution in [1.82, 2.24) is 4.90 Å². The number of amides is 1. The van der Waals surface area contributed by atoms with Crippen LogP contribution >= 0.6 is 0 Å². The van der Waals surface area contributed by atoms with Crippen LogP contribution in [0.3, 0.4) is 0 Å². The number of carbonyl (C=O) groups excluding carboxylic acids is 1. The van der Waals surface area contributed by atoms with Gasteiger partial charge in [0.25, 0.3) is 5.91 Å². The normalized spacial score (nSPS) is 9.94. The fourth-order valence-corrected chi connectivity index (χ4v) is 1.47. The van der Waals surface area contributed by atoms with Crippen molar-refractivity contribution < 1.29 is 9.53 Å². The highest BCUT2D eigenvalue weighted by Gasteiger charge is 2.11. The molecule has 1 rings (SSSR count). The van der Waals surface area contributed by atoms with Crippen molar-refractivity contribution in [2.45, 2.75) is 19.8 Å². The molecule has 0 spiro atoms. The first kappa shape index (κ1) is 12.6. The molecule has 0 N–H and O–H groups in total. The van der Waals surface area contributed by atoms with Crippen molar-refractivity contribution >= 4 is 5.91 Å². The van der Waals surface area contributed by atoms with Gasteiger partial charge in [-0.15, -0.1) is 0 Å². The van der Waals surface area contributed by atoms with Crippen LogP contribution in [-0.4, -0.2) is 31.5 Å². The number of methoxy groups -OCH3 is 1. The van der Waals surface area contributed by atoms with Gasteiger partial charge in [-0.2, -0.15) is 0 Å². The van der Waals surface area contributed by atoms with Gasteiger partial charge in [-0.25, -0.2) is 0 Å². The fraction of sp³-hybridized carbons (Fsp3) is 0.462. The standard InChI is InChI=1S/C13H19NO2/c1-4-5-9-14(2)13(15)11-7-6-8-12(10-11)16-3/h6-8,10H,4-5,9H2,1-3H3. The second-order valence-electron chi connectivity index (χ2n) is 3.81. The predicted octanol–water partition coefficient (Wildman–Crippen LogP) is 2.57. The van der Waals surface area contributed by atoms with E-state index in [0.717, 1.165) is 25.1 Å². The van der Waals surface area contributed by atoms with Gasteiger partial charge in [0.05, 0.1) is 7.11 Å². The van der Waals surface area contributed by atoms with E-state index in [-0.39, 0.29) is 5.91 Å². The Bertz CT molecular complexity index is 350. The molecule has 0 aliphatic carbocycles. The van der Waals surface area contributed by atoms with Gasteiger partial charge in [0.15, 0.2) is 0 Å². The van der Waals surface area contributed by atoms with Gasteiger partial charge >= 0.3 is 0 Å². The summed E-state index contributed by atoms with van der Waals surface area (Å²) in [4.78, 5) is 13.7. The minimum atomic E-state index is 0.0485. The minimum Gasteiger partial charge on any atom is -0.497 e. The quantitative estimate of drug-likeness (QED) is 0.764. The zero-order chi connectivity index (χ0) is 12.0. The molecule has 0 atom stereocenters. The molecular formula is C13H19NO2. The Labute approximate surface area is 97.0 Å². The Hall–Kier alpha value is -1.51. The molecule has 0 unspecified atom stereocenters. The first-order chi connectivity index (χ1) is 7.69. The van der Waals surface area contributed by atoms with Gasteiger partial charge in [-0.05, 0) is 24.6 Å². The van der Waals surface area contributed by atoms with E-state index in [2.05, 4.69) is 6.92 Å². The van der Waals surface area contributed by atoms with Crippen LogP contribution in [0.4, 0.5) is 0 Å². The predicted molar refractivity (Wildman–Crippen MR) is 64.9 cm³/mol. The van der Waals surface area contributed by atoms with Gasteiger partial charge in [-0.1, -0.05) is 19.4 Å². The minimum absolute atomic E-state index is 0.0485. The van der Waals surface area contributed by atoms with E-state index in [0.29, 0.717) is 5.56 Å². The van der Waals surface area contributed by atoms with Crippen molar-refractivity contribution in [3.8, 4) is 5.75 Å². The number of rotatable bonds is 5. The number of benzene rings is 1. The number of nitrogens with zero attached hydrogens (tertiary/aromatic N) is 1. The number of hydrogen-bond donors (Lipinski definition) is 0. The molecular weight excluding hydrogens is 202 g/mol. The Morgan fingerprint density at radius 1 is 1.44 bits per heavy atom. The Kier molecular flexibility index (Phi) is 4.83. The van der Waals surface area contributed by atoms with Gasteiger partial charge in [-0.3, -0.25) is 4.79 Å². The van der Waals surface area contributed by atoms with Crippen LogP contribution in [0, 0.1) is 0 Å². The summed E-state index contributed by atoms with van der Waals surface area (Å²) in [5, 5.41) is 0. The molecule has 0 saturated heterocycles. The molecule has 16 heavy (non-hydrogen) atoms. The summed E-state index contributed by atoms with van der Waals surface area (Å²) in [5.41, 5.74) is 0.679. The van der Waals surface area contributed by atoms with E-state index in [1.165, 1.54) is 0 Å². The van der Waals surface area contributed by atoms with Crippen LogP contribution in [0.2, 0.25) is 0 Å². The fourth-order valence-electron chi connectivity index (χ4n) is 1.47. The van der Waals surface area contributed by atoms with Crippen molar-refractivity contribution in [3.63, 3.8) is 0 Å². The summed E-state index contributed by atoms with van der Waals surface area (Å²) in [7, 11) is 3.43. The van der Waals surface area contributed by atoms with Gasteiger partial charge in [0.2, 0.25) is 0 Å². The van der Waals surface area contributed by atoms with Crippen LogP contribution in [0.1, 0.15) is 30.1 Å². The topological polar surface area (TPSA) is 29.5 Å². The van der Waals surface area contributed by atoms with Crippen molar-refractivity contribution in [2.75, 3.05) is 20.7 Å². The SMILES string of the molecule is CCCCN(C)C(=O)c1cccc(OC)c1. The Morgan fingerprint density at radius 2 is 2.19 bits per heavy atom. The third kappa shape index (κ3) is 3.26. The number of ether oxygens (including phenoxy) is 1. The molecule has 0 bridgehead atoms. The number of hydrogen-bond acceptors (Lipinski definition) is 2. The molecule has 0 fully saturated rings. The van der Waals surface area contributed by atoms with Gasteiger partial charge < -0.3 is 9.64 Å². The van der Waals surface area contributed by atoms with Crippen LogP contribution < -0.4 is 4.74 Å². The summed E-state index contributed by atoms with van der Waals surface area (Å²) in [6, 6.07) is 7.25. The molecule has 1 aromatic carbocycles. The Balaban J connectivity index is 2.71. The summed E-state index contributed by atoms with van der Waals surface area (Å²) in [5.74, 6) is 0.766. The maximum absolute atomic E-state index is 12.0. The van der Waals surface area contributed by atoms with Crippen molar-refractivity contribution in [1.29, 1.82) is 0 Å². The monoisotopic (exact) mass is 221 g/mol. The first-order valence-corrected chi connectivity index (χ1v) is 5.58. The van der Waals surface area contributed by atoms with Crippen LogP contribution in [0.15, 0.2) is 24.3 Å². The molecule has 3 nitrogen and oxygen atoms in total. The molecule has 0 aliphatic heterocycles. The van der Waals surface area contributed by atoms with Crippen LogP contribution in [0.25, 0.3) is 0 Å². The lowest BCUT2D eigenvalue weighted by molar-refractivity contribution is 0.0793. The highest BCUT2D eigenvalue weighted by molar-refractivity contribution is 5.94. The highest BCUT2D eigenvalue weighted by atomic mass is 16.5. The van der Waals surface area contributed by atoms with E-state index in [1.54, 1.807) is 18.1 Å². The van der Waals surface area contributed by atoms with E-state index >= 15 is 0 Å². The lowest BCUT2D eigenvalue weighted by Gasteiger charge is -2.16. The first-order valence-electron chi connectivity index (χ1n) is 5.58. The second-order valence-corrected chi connectivity index (χ2v) is 3.81. The van der Waals surface area contributed by atoms with E-state index in [9.17, 15) is 4.79 Å². The van der Waals surface area contributed by atoms with Crippen molar-refractivity contribution in [3.05, 3.63) is 29.8 Å². The lowest BCUT2D eigenvalue weighted by atomic mass is 10.2. The zero-order valence-electron chi connectivity index (χ0n) is 10.2. The van der Waals surface area contributed by atoms with Crippen LogP contribution in [0.5, 0.6) is 5.75 Å². The summed E-state index contributed by atoms with van der Waals surface area (Å²) < 4.78 is 5.10. The molecule has 1 amide bonds. The highest BCUT2D eigenvalue weighted by Crippen LogP contribution is 2.14. The summed E-state index contributed by atoms with van der Waals surface area (Å²) >= 11 is 0. The van der Waals surface area contributed by atoms with E-state index in [1.807, 2.05) is 25.2 Å². The number of unbranched alkanes of at least 4 members (excludes halogenated alkanes) is 1. The third-order valence-corrected chi connectivity index (χ3v) is 2.51. The average Bonchev–Trinajstić information content (AvgIpc) is 2.35. The second kappa shape index (κ2) is 6.16. The summed E-state index contributed by atoms with van der Waals surface area (Å²) in [6.45, 7) is 2.91. The molecule has 0 aliphatic rings. The third-order valence-electron chi connectivity index (χ3n) is 2.51. The Morgan fingerprint density at radius 3 is 2.81 bits per heavy atom. The van der Waals surface area contributed by atoms with E-state index < -0.39 is 0 Å².